The van der Waals surface area contributed by atoms with Gasteiger partial charge in [-0.3, -0.25) is 9.69 Å². The molecule has 0 saturated heterocycles. The second kappa shape index (κ2) is 10.4. The second-order valence-electron chi connectivity index (χ2n) is 6.71. The molecule has 0 fully saturated rings. The number of hydrogen-bond donors (Lipinski definition) is 0. The van der Waals surface area contributed by atoms with E-state index in [1.54, 1.807) is 23.1 Å². The molecule has 1 heterocycles. The monoisotopic (exact) mass is 469 g/mol. The molecule has 3 aromatic rings. The van der Waals surface area contributed by atoms with Gasteiger partial charge >= 0.3 is 0 Å². The molecular weight excluding hydrogens is 449 g/mol. The smallest absolute Gasteiger partial charge is 0.252 e. The largest absolute Gasteiger partial charge is 0.308 e. The molecule has 0 aliphatic carbocycles. The highest BCUT2D eigenvalue weighted by atomic mass is 35.5. The fourth-order valence-corrected chi connectivity index (χ4v) is 4.37. The van der Waals surface area contributed by atoms with Gasteiger partial charge in [-0.1, -0.05) is 52.7 Å². The Hall–Kier alpha value is -1.63. The number of aryl methyl sites for hydroxylation is 1. The molecule has 0 aliphatic heterocycles. The fraction of sp³-hybridized carbons (Fsp3) is 0.238. The van der Waals surface area contributed by atoms with Crippen LogP contribution in [0.15, 0.2) is 42.5 Å². The van der Waals surface area contributed by atoms with E-state index in [0.29, 0.717) is 21.7 Å². The first-order chi connectivity index (χ1) is 13.3. The number of aromatic nitrogens is 1. The van der Waals surface area contributed by atoms with Gasteiger partial charge in [-0.25, -0.2) is 4.98 Å². The molecule has 3 rings (SSSR count). The number of likely N-dealkylation sites (N-methyl/N-ethyl adjacent to an activating group) is 1. The number of thiazole rings is 1. The summed E-state index contributed by atoms with van der Waals surface area (Å²) in [5.41, 5.74) is 2.68. The van der Waals surface area contributed by atoms with Gasteiger partial charge in [0.1, 0.15) is 0 Å². The number of rotatable bonds is 6. The van der Waals surface area contributed by atoms with Crippen molar-refractivity contribution in [2.45, 2.75) is 6.92 Å². The molecule has 1 amide bonds. The highest BCUT2D eigenvalue weighted by molar-refractivity contribution is 7.22. The maximum absolute atomic E-state index is 13.0. The number of anilines is 1. The van der Waals surface area contributed by atoms with Crippen LogP contribution in [0.25, 0.3) is 16.3 Å². The number of halogens is 3. The van der Waals surface area contributed by atoms with Gasteiger partial charge in [0.25, 0.3) is 5.91 Å². The lowest BCUT2D eigenvalue weighted by Crippen LogP contribution is -2.35. The molecule has 0 saturated carbocycles. The molecule has 0 bridgehead atoms. The third-order valence-electron chi connectivity index (χ3n) is 4.22. The topological polar surface area (TPSA) is 36.4 Å². The van der Waals surface area contributed by atoms with E-state index in [0.717, 1.165) is 27.9 Å². The van der Waals surface area contributed by atoms with E-state index >= 15 is 0 Å². The summed E-state index contributed by atoms with van der Waals surface area (Å²) >= 11 is 13.8. The van der Waals surface area contributed by atoms with Crippen LogP contribution in [0.1, 0.15) is 11.1 Å². The van der Waals surface area contributed by atoms with Crippen LogP contribution >= 0.6 is 46.9 Å². The molecular formula is C21H22Cl3N3OS. The van der Waals surface area contributed by atoms with E-state index in [2.05, 4.69) is 0 Å². The van der Waals surface area contributed by atoms with Crippen LogP contribution in [-0.4, -0.2) is 43.0 Å². The van der Waals surface area contributed by atoms with Crippen molar-refractivity contribution in [1.82, 2.24) is 9.88 Å². The summed E-state index contributed by atoms with van der Waals surface area (Å²) in [4.78, 5) is 21.4. The Labute approximate surface area is 191 Å². The second-order valence-corrected chi connectivity index (χ2v) is 8.57. The first-order valence-corrected chi connectivity index (χ1v) is 10.4. The van der Waals surface area contributed by atoms with E-state index in [1.165, 1.54) is 11.3 Å². The molecule has 154 valence electrons. The number of nitrogens with zero attached hydrogens (tertiary/aromatic N) is 3. The molecule has 29 heavy (non-hydrogen) atoms. The van der Waals surface area contributed by atoms with Gasteiger partial charge in [-0.15, -0.1) is 12.4 Å². The van der Waals surface area contributed by atoms with Crippen LogP contribution in [0, 0.1) is 6.92 Å². The van der Waals surface area contributed by atoms with Crippen LogP contribution in [0.3, 0.4) is 0 Å². The van der Waals surface area contributed by atoms with Crippen molar-refractivity contribution in [2.75, 3.05) is 32.1 Å². The van der Waals surface area contributed by atoms with Gasteiger partial charge in [0.05, 0.1) is 10.2 Å². The van der Waals surface area contributed by atoms with Crippen molar-refractivity contribution in [3.05, 3.63) is 63.6 Å². The number of hydrogen-bond acceptors (Lipinski definition) is 4. The molecule has 2 aromatic carbocycles. The maximum Gasteiger partial charge on any atom is 0.252 e. The number of fused-ring (bicyclic) bond motifs is 1. The van der Waals surface area contributed by atoms with Crippen LogP contribution in [0.5, 0.6) is 0 Å². The minimum Gasteiger partial charge on any atom is -0.308 e. The summed E-state index contributed by atoms with van der Waals surface area (Å²) in [5.74, 6) is -0.135. The molecule has 0 unspecified atom stereocenters. The van der Waals surface area contributed by atoms with Gasteiger partial charge in [0, 0.05) is 29.2 Å². The molecule has 1 aromatic heterocycles. The van der Waals surface area contributed by atoms with Crippen molar-refractivity contribution < 1.29 is 4.79 Å². The van der Waals surface area contributed by atoms with Crippen molar-refractivity contribution in [3.8, 4) is 0 Å². The van der Waals surface area contributed by atoms with Gasteiger partial charge in [-0.2, -0.15) is 0 Å². The average Bonchev–Trinajstić information content (AvgIpc) is 3.05. The number of carbonyl (C=O) groups excluding carboxylic acids is 1. The van der Waals surface area contributed by atoms with Crippen LogP contribution < -0.4 is 4.90 Å². The zero-order chi connectivity index (χ0) is 20.3. The number of benzene rings is 2. The Bertz CT molecular complexity index is 1030. The highest BCUT2D eigenvalue weighted by Gasteiger charge is 2.19. The Morgan fingerprint density at radius 2 is 1.90 bits per heavy atom. The fourth-order valence-electron chi connectivity index (χ4n) is 2.72. The van der Waals surface area contributed by atoms with Crippen molar-refractivity contribution in [3.63, 3.8) is 0 Å². The van der Waals surface area contributed by atoms with Crippen molar-refractivity contribution in [2.24, 2.45) is 0 Å². The SMILES string of the molecule is Cc1cc(Cl)cc2sc(N(CCN(C)C)C(=O)C=Cc3ccccc3Cl)nc12.Cl. The van der Waals surface area contributed by atoms with Crippen LogP contribution in [0.2, 0.25) is 10.0 Å². The van der Waals surface area contributed by atoms with Crippen molar-refractivity contribution in [1.29, 1.82) is 0 Å². The number of amides is 1. The Balaban J connectivity index is 0.00000300. The summed E-state index contributed by atoms with van der Waals surface area (Å²) in [6.07, 6.45) is 3.28. The molecule has 4 nitrogen and oxygen atoms in total. The summed E-state index contributed by atoms with van der Waals surface area (Å²) in [6.45, 7) is 3.23. The van der Waals surface area contributed by atoms with Crippen LogP contribution in [0.4, 0.5) is 5.13 Å². The Morgan fingerprint density at radius 3 is 2.59 bits per heavy atom. The highest BCUT2D eigenvalue weighted by Crippen LogP contribution is 2.33. The minimum absolute atomic E-state index is 0. The Kier molecular flexibility index (Phi) is 8.49. The van der Waals surface area contributed by atoms with E-state index in [-0.39, 0.29) is 18.3 Å². The molecule has 8 heteroatoms. The quantitative estimate of drug-likeness (QED) is 0.418. The molecule has 0 spiro atoms. The first kappa shape index (κ1) is 23.6. The van der Waals surface area contributed by atoms with Gasteiger partial charge < -0.3 is 4.90 Å². The average molecular weight is 471 g/mol. The van der Waals surface area contributed by atoms with Gasteiger partial charge in [0.15, 0.2) is 5.13 Å². The Morgan fingerprint density at radius 1 is 1.17 bits per heavy atom. The zero-order valence-electron chi connectivity index (χ0n) is 16.4. The maximum atomic E-state index is 13.0. The third-order valence-corrected chi connectivity index (χ3v) is 5.81. The first-order valence-electron chi connectivity index (χ1n) is 8.80. The lowest BCUT2D eigenvalue weighted by atomic mass is 10.2. The van der Waals surface area contributed by atoms with E-state index < -0.39 is 0 Å². The van der Waals surface area contributed by atoms with E-state index in [4.69, 9.17) is 28.2 Å². The molecule has 0 N–H and O–H groups in total. The van der Waals surface area contributed by atoms with Gasteiger partial charge in [0.2, 0.25) is 0 Å². The predicted molar refractivity (Wildman–Crippen MR) is 128 cm³/mol. The summed E-state index contributed by atoms with van der Waals surface area (Å²) in [5, 5.41) is 1.94. The van der Waals surface area contributed by atoms with Crippen LogP contribution in [-0.2, 0) is 4.79 Å². The number of carbonyl (C=O) groups is 1. The lowest BCUT2D eigenvalue weighted by molar-refractivity contribution is -0.114. The summed E-state index contributed by atoms with van der Waals surface area (Å²) in [7, 11) is 3.95. The molecule has 0 aliphatic rings. The lowest BCUT2D eigenvalue weighted by Gasteiger charge is -2.20. The standard InChI is InChI=1S/C21H21Cl2N3OS.ClH/c1-14-12-16(22)13-18-20(14)24-21(28-18)26(11-10-25(2)3)19(27)9-8-15-6-4-5-7-17(15)23;/h4-9,12-13H,10-11H2,1-3H3;1H. The molecule has 0 radical (unpaired) electrons. The zero-order valence-corrected chi connectivity index (χ0v) is 19.5. The summed E-state index contributed by atoms with van der Waals surface area (Å²) in [6, 6.07) is 11.2. The normalized spacial score (nSPS) is 11.2. The van der Waals surface area contributed by atoms with E-state index in [9.17, 15) is 4.79 Å². The van der Waals surface area contributed by atoms with Gasteiger partial charge in [-0.05, 0) is 56.4 Å². The minimum atomic E-state index is -0.135. The van der Waals surface area contributed by atoms with E-state index in [1.807, 2.05) is 56.3 Å². The summed E-state index contributed by atoms with van der Waals surface area (Å²) < 4.78 is 0.970. The van der Waals surface area contributed by atoms with Crippen molar-refractivity contribution >= 4 is 74.3 Å². The predicted octanol–water partition coefficient (Wildman–Crippen LogP) is 5.94. The molecule has 0 atom stereocenters. The third kappa shape index (κ3) is 5.93.